The Balaban J connectivity index is 2.90. The van der Waals surface area contributed by atoms with Gasteiger partial charge in [-0.05, 0) is 26.8 Å². The van der Waals surface area contributed by atoms with E-state index in [-0.39, 0.29) is 5.97 Å². The zero-order valence-electron chi connectivity index (χ0n) is 9.41. The second-order valence-electron chi connectivity index (χ2n) is 4.38. The van der Waals surface area contributed by atoms with Gasteiger partial charge in [-0.3, -0.25) is 4.79 Å². The Labute approximate surface area is 90.6 Å². The Kier molecular flexibility index (Phi) is 3.30. The minimum absolute atomic E-state index is 0.239. The predicted octanol–water partition coefficient (Wildman–Crippen LogP) is 3.28. The van der Waals surface area contributed by atoms with Crippen molar-refractivity contribution in [2.24, 2.45) is 5.41 Å². The van der Waals surface area contributed by atoms with Crippen LogP contribution in [0.1, 0.15) is 26.3 Å². The first-order valence-electron chi connectivity index (χ1n) is 4.89. The van der Waals surface area contributed by atoms with Crippen LogP contribution in [0, 0.1) is 5.41 Å². The summed E-state index contributed by atoms with van der Waals surface area (Å²) in [4.78, 5) is 11.6. The molecular weight excluding hydrogens is 188 g/mol. The normalized spacial score (nSPS) is 10.9. The molecule has 0 aliphatic heterocycles. The maximum Gasteiger partial charge on any atom is 0.316 e. The average molecular weight is 204 g/mol. The van der Waals surface area contributed by atoms with Crippen LogP contribution < -0.4 is 4.74 Å². The molecule has 80 valence electrons. The average Bonchev–Trinajstić information content (AvgIpc) is 2.17. The number of carbonyl (C=O) groups is 1. The highest BCUT2D eigenvalue weighted by atomic mass is 16.5. The quantitative estimate of drug-likeness (QED) is 0.546. The second-order valence-corrected chi connectivity index (χ2v) is 4.38. The van der Waals surface area contributed by atoms with E-state index in [0.29, 0.717) is 5.75 Å². The van der Waals surface area contributed by atoms with E-state index in [2.05, 4.69) is 6.58 Å². The lowest BCUT2D eigenvalue weighted by atomic mass is 9.97. The van der Waals surface area contributed by atoms with Crippen molar-refractivity contribution in [1.82, 2.24) is 0 Å². The second kappa shape index (κ2) is 4.30. The summed E-state index contributed by atoms with van der Waals surface area (Å²) >= 11 is 0. The number of hydrogen-bond donors (Lipinski definition) is 0. The lowest BCUT2D eigenvalue weighted by Gasteiger charge is -2.17. The molecule has 1 rings (SSSR count). The summed E-state index contributed by atoms with van der Waals surface area (Å²) in [5.74, 6) is 0.323. The van der Waals surface area contributed by atoms with Gasteiger partial charge >= 0.3 is 5.97 Å². The van der Waals surface area contributed by atoms with Crippen LogP contribution in [0.3, 0.4) is 0 Å². The van der Waals surface area contributed by atoms with Gasteiger partial charge in [0, 0.05) is 5.56 Å². The maximum absolute atomic E-state index is 11.6. The molecule has 0 atom stereocenters. The Hall–Kier alpha value is -1.57. The number of rotatable bonds is 2. The zero-order valence-corrected chi connectivity index (χ0v) is 9.41. The summed E-state index contributed by atoms with van der Waals surface area (Å²) in [5, 5.41) is 0. The van der Waals surface area contributed by atoms with Gasteiger partial charge in [0.1, 0.15) is 5.75 Å². The van der Waals surface area contributed by atoms with Crippen molar-refractivity contribution in [3.05, 3.63) is 36.4 Å². The molecule has 0 aliphatic carbocycles. The van der Waals surface area contributed by atoms with Crippen LogP contribution in [0.2, 0.25) is 0 Å². The van der Waals surface area contributed by atoms with E-state index in [1.54, 1.807) is 12.1 Å². The minimum atomic E-state index is -0.492. The van der Waals surface area contributed by atoms with Gasteiger partial charge in [0.05, 0.1) is 5.41 Å². The van der Waals surface area contributed by atoms with Crippen LogP contribution in [-0.4, -0.2) is 5.97 Å². The van der Waals surface area contributed by atoms with Crippen LogP contribution in [0.25, 0.3) is 6.08 Å². The van der Waals surface area contributed by atoms with Gasteiger partial charge in [-0.15, -0.1) is 0 Å². The van der Waals surface area contributed by atoms with Gasteiger partial charge in [0.2, 0.25) is 0 Å². The van der Waals surface area contributed by atoms with Gasteiger partial charge < -0.3 is 4.74 Å². The van der Waals surface area contributed by atoms with Crippen LogP contribution >= 0.6 is 0 Å². The van der Waals surface area contributed by atoms with E-state index in [9.17, 15) is 4.79 Å². The molecule has 2 nitrogen and oxygen atoms in total. The Morgan fingerprint density at radius 2 is 1.93 bits per heavy atom. The summed E-state index contributed by atoms with van der Waals surface area (Å²) in [5.41, 5.74) is 0.337. The molecular formula is C13H16O2. The number of esters is 1. The summed E-state index contributed by atoms with van der Waals surface area (Å²) in [6, 6.07) is 7.34. The first-order valence-corrected chi connectivity index (χ1v) is 4.89. The topological polar surface area (TPSA) is 26.3 Å². The van der Waals surface area contributed by atoms with Crippen molar-refractivity contribution in [2.45, 2.75) is 20.8 Å². The molecule has 0 amide bonds. The Morgan fingerprint density at radius 3 is 2.47 bits per heavy atom. The zero-order chi connectivity index (χ0) is 11.5. The third kappa shape index (κ3) is 2.94. The molecule has 0 spiro atoms. The summed E-state index contributed by atoms with van der Waals surface area (Å²) in [6.45, 7) is 9.15. The van der Waals surface area contributed by atoms with Crippen molar-refractivity contribution in [2.75, 3.05) is 0 Å². The maximum atomic E-state index is 11.6. The Bertz CT molecular complexity index is 372. The number of benzene rings is 1. The Morgan fingerprint density at radius 1 is 1.33 bits per heavy atom. The number of hydrogen-bond acceptors (Lipinski definition) is 2. The van der Waals surface area contributed by atoms with Crippen molar-refractivity contribution >= 4 is 12.0 Å². The fourth-order valence-corrected chi connectivity index (χ4v) is 0.995. The molecule has 0 saturated carbocycles. The molecule has 1 aromatic carbocycles. The van der Waals surface area contributed by atoms with Crippen molar-refractivity contribution in [1.29, 1.82) is 0 Å². The van der Waals surface area contributed by atoms with Crippen LogP contribution in [0.15, 0.2) is 30.8 Å². The van der Waals surface area contributed by atoms with E-state index < -0.39 is 5.41 Å². The number of para-hydroxylation sites is 1. The molecule has 0 aromatic heterocycles. The van der Waals surface area contributed by atoms with Crippen LogP contribution in [-0.2, 0) is 4.79 Å². The van der Waals surface area contributed by atoms with Crippen LogP contribution in [0.4, 0.5) is 0 Å². The van der Waals surface area contributed by atoms with Gasteiger partial charge in [0.15, 0.2) is 0 Å². The summed E-state index contributed by atoms with van der Waals surface area (Å²) in [6.07, 6.45) is 1.67. The van der Waals surface area contributed by atoms with Crippen LogP contribution in [0.5, 0.6) is 5.75 Å². The molecule has 0 saturated heterocycles. The van der Waals surface area contributed by atoms with Gasteiger partial charge in [-0.2, -0.15) is 0 Å². The SMILES string of the molecule is C=Cc1ccccc1OC(=O)C(C)(C)C. The smallest absolute Gasteiger partial charge is 0.316 e. The predicted molar refractivity (Wildman–Crippen MR) is 61.6 cm³/mol. The van der Waals surface area contributed by atoms with Crippen molar-refractivity contribution in [3.63, 3.8) is 0 Å². The van der Waals surface area contributed by atoms with Crippen molar-refractivity contribution in [3.8, 4) is 5.75 Å². The number of ether oxygens (including phenoxy) is 1. The van der Waals surface area contributed by atoms with E-state index in [4.69, 9.17) is 4.74 Å². The van der Waals surface area contributed by atoms with E-state index in [1.165, 1.54) is 0 Å². The monoisotopic (exact) mass is 204 g/mol. The molecule has 2 heteroatoms. The third-order valence-electron chi connectivity index (χ3n) is 1.95. The first-order chi connectivity index (χ1) is 6.95. The van der Waals surface area contributed by atoms with E-state index >= 15 is 0 Å². The third-order valence-corrected chi connectivity index (χ3v) is 1.95. The van der Waals surface area contributed by atoms with Gasteiger partial charge in [-0.1, -0.05) is 30.9 Å². The molecule has 0 bridgehead atoms. The molecule has 0 fully saturated rings. The number of carbonyl (C=O) groups excluding carboxylic acids is 1. The molecule has 0 unspecified atom stereocenters. The van der Waals surface area contributed by atoms with Crippen molar-refractivity contribution < 1.29 is 9.53 Å². The minimum Gasteiger partial charge on any atom is -0.425 e. The lowest BCUT2D eigenvalue weighted by Crippen LogP contribution is -2.25. The summed E-state index contributed by atoms with van der Waals surface area (Å²) < 4.78 is 5.29. The lowest BCUT2D eigenvalue weighted by molar-refractivity contribution is -0.143. The highest BCUT2D eigenvalue weighted by Crippen LogP contribution is 2.23. The van der Waals surface area contributed by atoms with Gasteiger partial charge in [-0.25, -0.2) is 0 Å². The fraction of sp³-hybridized carbons (Fsp3) is 0.308. The molecule has 0 N–H and O–H groups in total. The largest absolute Gasteiger partial charge is 0.425 e. The summed E-state index contributed by atoms with van der Waals surface area (Å²) in [7, 11) is 0. The molecule has 1 aromatic rings. The molecule has 0 radical (unpaired) electrons. The highest BCUT2D eigenvalue weighted by Gasteiger charge is 2.24. The van der Waals surface area contributed by atoms with E-state index in [1.807, 2.05) is 39.0 Å². The molecule has 0 heterocycles. The standard InChI is InChI=1S/C13H16O2/c1-5-10-8-6-7-9-11(10)15-12(14)13(2,3)4/h5-9H,1H2,2-4H3. The first kappa shape index (κ1) is 11.5. The van der Waals surface area contributed by atoms with E-state index in [0.717, 1.165) is 5.56 Å². The molecule has 0 aliphatic rings. The van der Waals surface area contributed by atoms with Gasteiger partial charge in [0.25, 0.3) is 0 Å². The fourth-order valence-electron chi connectivity index (χ4n) is 0.995. The highest BCUT2D eigenvalue weighted by molar-refractivity contribution is 5.79. The molecule has 15 heavy (non-hydrogen) atoms.